The number of hydrogen-bond acceptors (Lipinski definition) is 3. The number of nitrogens with zero attached hydrogens (tertiary/aromatic N) is 1. The van der Waals surface area contributed by atoms with E-state index >= 15 is 0 Å². The molecule has 0 radical (unpaired) electrons. The molecule has 0 bridgehead atoms. The molecule has 1 heterocycles. The summed E-state index contributed by atoms with van der Waals surface area (Å²) < 4.78 is 35.3. The van der Waals surface area contributed by atoms with Gasteiger partial charge in [-0.2, -0.15) is 13.2 Å². The first-order chi connectivity index (χ1) is 6.97. The Kier molecular flexibility index (Phi) is 4.34. The smallest absolute Gasteiger partial charge is 0.346 e. The molecule has 0 aliphatic carbocycles. The van der Waals surface area contributed by atoms with Crippen molar-refractivity contribution >= 4 is 5.91 Å². The second kappa shape index (κ2) is 5.32. The van der Waals surface area contributed by atoms with Crippen LogP contribution in [0.3, 0.4) is 0 Å². The van der Waals surface area contributed by atoms with E-state index in [4.69, 9.17) is 0 Å². The fourth-order valence-electron chi connectivity index (χ4n) is 1.33. The molecule has 0 saturated carbocycles. The van der Waals surface area contributed by atoms with Gasteiger partial charge in [0.05, 0.1) is 6.54 Å². The average molecular weight is 225 g/mol. The zero-order valence-corrected chi connectivity index (χ0v) is 8.23. The van der Waals surface area contributed by atoms with Gasteiger partial charge >= 0.3 is 6.18 Å². The number of amides is 1. The molecule has 0 aromatic heterocycles. The molecule has 1 fully saturated rings. The van der Waals surface area contributed by atoms with Gasteiger partial charge in [-0.05, 0) is 0 Å². The molecule has 0 unspecified atom stereocenters. The fraction of sp³-hybridized carbons (Fsp3) is 0.875. The van der Waals surface area contributed by atoms with Gasteiger partial charge in [0.1, 0.15) is 6.54 Å². The van der Waals surface area contributed by atoms with E-state index in [1.165, 1.54) is 0 Å². The maximum absolute atomic E-state index is 11.8. The normalized spacial score (nSPS) is 18.9. The highest BCUT2D eigenvalue weighted by Crippen LogP contribution is 2.11. The van der Waals surface area contributed by atoms with Crippen molar-refractivity contribution in [3.05, 3.63) is 0 Å². The largest absolute Gasteiger partial charge is 0.405 e. The van der Waals surface area contributed by atoms with E-state index in [1.807, 2.05) is 10.2 Å². The van der Waals surface area contributed by atoms with Gasteiger partial charge in [0.15, 0.2) is 0 Å². The number of rotatable bonds is 3. The summed E-state index contributed by atoms with van der Waals surface area (Å²) in [6.07, 6.45) is -4.33. The minimum absolute atomic E-state index is 0.0394. The highest BCUT2D eigenvalue weighted by Gasteiger charge is 2.27. The van der Waals surface area contributed by atoms with Crippen molar-refractivity contribution in [2.75, 3.05) is 39.3 Å². The quantitative estimate of drug-likeness (QED) is 0.685. The van der Waals surface area contributed by atoms with Gasteiger partial charge < -0.3 is 10.6 Å². The molecular formula is C8H14F3N3O. The Morgan fingerprint density at radius 1 is 1.33 bits per heavy atom. The van der Waals surface area contributed by atoms with Crippen LogP contribution >= 0.6 is 0 Å². The number of piperazine rings is 1. The topological polar surface area (TPSA) is 44.4 Å². The Hall–Kier alpha value is -0.820. The third-order valence-electron chi connectivity index (χ3n) is 2.06. The molecule has 1 aliphatic rings. The second-order valence-corrected chi connectivity index (χ2v) is 3.42. The lowest BCUT2D eigenvalue weighted by atomic mass is 10.3. The van der Waals surface area contributed by atoms with E-state index in [2.05, 4.69) is 5.32 Å². The first-order valence-electron chi connectivity index (χ1n) is 4.74. The van der Waals surface area contributed by atoms with E-state index in [0.717, 1.165) is 13.1 Å². The summed E-state index contributed by atoms with van der Waals surface area (Å²) in [4.78, 5) is 12.9. The maximum atomic E-state index is 11.8. The van der Waals surface area contributed by atoms with Crippen molar-refractivity contribution in [3.63, 3.8) is 0 Å². The lowest BCUT2D eigenvalue weighted by Gasteiger charge is -2.26. The number of halogens is 3. The molecule has 1 amide bonds. The Bertz CT molecular complexity index is 214. The molecule has 0 atom stereocenters. The molecule has 88 valence electrons. The van der Waals surface area contributed by atoms with Crippen molar-refractivity contribution in [3.8, 4) is 0 Å². The first kappa shape index (κ1) is 12.3. The predicted molar refractivity (Wildman–Crippen MR) is 48.4 cm³/mol. The van der Waals surface area contributed by atoms with Crippen molar-refractivity contribution < 1.29 is 18.0 Å². The molecule has 15 heavy (non-hydrogen) atoms. The van der Waals surface area contributed by atoms with Crippen molar-refractivity contribution in [2.24, 2.45) is 0 Å². The number of alkyl halides is 3. The summed E-state index contributed by atoms with van der Waals surface area (Å²) in [7, 11) is 0. The number of hydrogen-bond donors (Lipinski definition) is 2. The van der Waals surface area contributed by atoms with Crippen molar-refractivity contribution in [1.29, 1.82) is 0 Å². The third kappa shape index (κ3) is 5.58. The van der Waals surface area contributed by atoms with Crippen LogP contribution in [0.4, 0.5) is 13.2 Å². The molecule has 1 rings (SSSR count). The molecule has 1 saturated heterocycles. The summed E-state index contributed by atoms with van der Waals surface area (Å²) in [6.45, 7) is 1.72. The highest BCUT2D eigenvalue weighted by atomic mass is 19.4. The van der Waals surface area contributed by atoms with E-state index in [0.29, 0.717) is 13.1 Å². The Morgan fingerprint density at radius 2 is 1.93 bits per heavy atom. The molecule has 4 nitrogen and oxygen atoms in total. The van der Waals surface area contributed by atoms with Gasteiger partial charge in [-0.25, -0.2) is 0 Å². The SMILES string of the molecule is O=C(CN1CCNCC1)NCC(F)(F)F. The third-order valence-corrected chi connectivity index (χ3v) is 2.06. The Labute approximate surface area is 85.8 Å². The van der Waals surface area contributed by atoms with Crippen LogP contribution in [-0.4, -0.2) is 56.3 Å². The maximum Gasteiger partial charge on any atom is 0.405 e. The number of carbonyl (C=O) groups excluding carboxylic acids is 1. The number of nitrogens with one attached hydrogen (secondary N) is 2. The molecular weight excluding hydrogens is 211 g/mol. The standard InChI is InChI=1S/C8H14F3N3O/c9-8(10,11)6-13-7(15)5-14-3-1-12-2-4-14/h12H,1-6H2,(H,13,15). The number of carbonyl (C=O) groups is 1. The van der Waals surface area contributed by atoms with Crippen LogP contribution in [0.25, 0.3) is 0 Å². The van der Waals surface area contributed by atoms with Gasteiger partial charge in [-0.3, -0.25) is 9.69 Å². The summed E-state index contributed by atoms with van der Waals surface area (Å²) in [6, 6.07) is 0. The van der Waals surface area contributed by atoms with Gasteiger partial charge in [0, 0.05) is 26.2 Å². The van der Waals surface area contributed by atoms with Crippen LogP contribution in [0.2, 0.25) is 0 Å². The molecule has 2 N–H and O–H groups in total. The van der Waals surface area contributed by atoms with Gasteiger partial charge in [0.25, 0.3) is 0 Å². The van der Waals surface area contributed by atoms with Crippen LogP contribution in [0.5, 0.6) is 0 Å². The van der Waals surface area contributed by atoms with E-state index < -0.39 is 18.6 Å². The summed E-state index contributed by atoms with van der Waals surface area (Å²) >= 11 is 0. The zero-order valence-electron chi connectivity index (χ0n) is 8.23. The molecule has 0 aromatic carbocycles. The molecule has 0 aromatic rings. The monoisotopic (exact) mass is 225 g/mol. The van der Waals surface area contributed by atoms with Crippen LogP contribution < -0.4 is 10.6 Å². The van der Waals surface area contributed by atoms with Gasteiger partial charge in [0.2, 0.25) is 5.91 Å². The van der Waals surface area contributed by atoms with Crippen LogP contribution in [0.15, 0.2) is 0 Å². The average Bonchev–Trinajstić information content (AvgIpc) is 2.15. The van der Waals surface area contributed by atoms with Crippen LogP contribution in [0.1, 0.15) is 0 Å². The minimum Gasteiger partial charge on any atom is -0.346 e. The zero-order chi connectivity index (χ0) is 11.3. The van der Waals surface area contributed by atoms with E-state index in [1.54, 1.807) is 0 Å². The summed E-state index contributed by atoms with van der Waals surface area (Å²) in [5.41, 5.74) is 0. The van der Waals surface area contributed by atoms with E-state index in [-0.39, 0.29) is 6.54 Å². The highest BCUT2D eigenvalue weighted by molar-refractivity contribution is 5.78. The minimum atomic E-state index is -4.33. The first-order valence-corrected chi connectivity index (χ1v) is 4.74. The molecule has 0 spiro atoms. The second-order valence-electron chi connectivity index (χ2n) is 3.42. The van der Waals surface area contributed by atoms with Crippen molar-refractivity contribution in [2.45, 2.75) is 6.18 Å². The predicted octanol–water partition coefficient (Wildman–Crippen LogP) is -0.430. The molecule has 7 heteroatoms. The van der Waals surface area contributed by atoms with Crippen molar-refractivity contribution in [1.82, 2.24) is 15.5 Å². The van der Waals surface area contributed by atoms with Gasteiger partial charge in [-0.15, -0.1) is 0 Å². The summed E-state index contributed by atoms with van der Waals surface area (Å²) in [5, 5.41) is 4.93. The molecule has 1 aliphatic heterocycles. The Balaban J connectivity index is 2.17. The van der Waals surface area contributed by atoms with Crippen LogP contribution in [0, 0.1) is 0 Å². The Morgan fingerprint density at radius 3 is 2.47 bits per heavy atom. The summed E-state index contributed by atoms with van der Waals surface area (Å²) in [5.74, 6) is -0.575. The fourth-order valence-corrected chi connectivity index (χ4v) is 1.33. The lowest BCUT2D eigenvalue weighted by Crippen LogP contribution is -2.48. The van der Waals surface area contributed by atoms with Crippen LogP contribution in [-0.2, 0) is 4.79 Å². The lowest BCUT2D eigenvalue weighted by molar-refractivity contribution is -0.139. The van der Waals surface area contributed by atoms with Gasteiger partial charge in [-0.1, -0.05) is 0 Å². The van der Waals surface area contributed by atoms with E-state index in [9.17, 15) is 18.0 Å².